The molecular weight excluding hydrogens is 256 g/mol. The van der Waals surface area contributed by atoms with Crippen molar-refractivity contribution in [1.29, 1.82) is 0 Å². The number of rotatable bonds is 6. The molecule has 2 aromatic heterocycles. The molecule has 0 fully saturated rings. The summed E-state index contributed by atoms with van der Waals surface area (Å²) in [4.78, 5) is 20.0. The number of pyridine rings is 1. The molecule has 0 amide bonds. The van der Waals surface area contributed by atoms with Gasteiger partial charge in [0.1, 0.15) is 0 Å². The second-order valence-electron chi connectivity index (χ2n) is 4.44. The minimum Gasteiger partial charge on any atom is -0.383 e. The molecule has 0 aromatic carbocycles. The van der Waals surface area contributed by atoms with Gasteiger partial charge < -0.3 is 14.6 Å². The van der Waals surface area contributed by atoms with Crippen LogP contribution in [0.1, 0.15) is 18.7 Å². The summed E-state index contributed by atoms with van der Waals surface area (Å²) in [5.74, 6) is 0. The maximum absolute atomic E-state index is 11.7. The SMILES string of the molecule is COCCn1cc(NC(C)c2cnccn2)ccc1=O. The van der Waals surface area contributed by atoms with Crippen LogP contribution in [0.5, 0.6) is 0 Å². The Hall–Kier alpha value is -2.21. The molecule has 0 aliphatic carbocycles. The zero-order chi connectivity index (χ0) is 14.4. The first kappa shape index (κ1) is 14.2. The first-order chi connectivity index (χ1) is 9.70. The van der Waals surface area contributed by atoms with Gasteiger partial charge in [0.25, 0.3) is 5.56 Å². The number of hydrogen-bond acceptors (Lipinski definition) is 5. The molecule has 20 heavy (non-hydrogen) atoms. The molecule has 6 heteroatoms. The molecule has 1 N–H and O–H groups in total. The van der Waals surface area contributed by atoms with Crippen LogP contribution in [0.25, 0.3) is 0 Å². The largest absolute Gasteiger partial charge is 0.383 e. The highest BCUT2D eigenvalue weighted by Gasteiger charge is 2.07. The van der Waals surface area contributed by atoms with Crippen LogP contribution in [0.2, 0.25) is 0 Å². The van der Waals surface area contributed by atoms with Crippen molar-refractivity contribution in [2.75, 3.05) is 19.0 Å². The molecule has 2 heterocycles. The number of anilines is 1. The van der Waals surface area contributed by atoms with Crippen molar-refractivity contribution in [2.24, 2.45) is 0 Å². The van der Waals surface area contributed by atoms with E-state index in [0.717, 1.165) is 11.4 Å². The van der Waals surface area contributed by atoms with Crippen LogP contribution in [0.4, 0.5) is 5.69 Å². The highest BCUT2D eigenvalue weighted by atomic mass is 16.5. The molecule has 0 bridgehead atoms. The van der Waals surface area contributed by atoms with Gasteiger partial charge in [0.05, 0.1) is 30.2 Å². The summed E-state index contributed by atoms with van der Waals surface area (Å²) in [6.07, 6.45) is 6.81. The number of hydrogen-bond donors (Lipinski definition) is 1. The summed E-state index contributed by atoms with van der Waals surface area (Å²) < 4.78 is 6.61. The fourth-order valence-electron chi connectivity index (χ4n) is 1.84. The molecule has 0 saturated carbocycles. The van der Waals surface area contributed by atoms with E-state index in [1.807, 2.05) is 6.92 Å². The first-order valence-electron chi connectivity index (χ1n) is 6.42. The van der Waals surface area contributed by atoms with Gasteiger partial charge in [-0.3, -0.25) is 14.8 Å². The molecular formula is C14H18N4O2. The number of nitrogens with one attached hydrogen (secondary N) is 1. The van der Waals surface area contributed by atoms with Gasteiger partial charge in [0.2, 0.25) is 0 Å². The van der Waals surface area contributed by atoms with E-state index < -0.39 is 0 Å². The normalized spacial score (nSPS) is 12.1. The van der Waals surface area contributed by atoms with Crippen molar-refractivity contribution in [3.05, 3.63) is 53.0 Å². The Labute approximate surface area is 117 Å². The molecule has 0 aliphatic heterocycles. The Kier molecular flexibility index (Phi) is 4.84. The highest BCUT2D eigenvalue weighted by molar-refractivity contribution is 5.42. The predicted molar refractivity (Wildman–Crippen MR) is 76.6 cm³/mol. The van der Waals surface area contributed by atoms with Gasteiger partial charge in [0.15, 0.2) is 0 Å². The summed E-state index contributed by atoms with van der Waals surface area (Å²) in [5, 5.41) is 3.30. The summed E-state index contributed by atoms with van der Waals surface area (Å²) >= 11 is 0. The molecule has 1 atom stereocenters. The Morgan fingerprint density at radius 3 is 2.95 bits per heavy atom. The number of nitrogens with zero attached hydrogens (tertiary/aromatic N) is 3. The van der Waals surface area contributed by atoms with Gasteiger partial charge in [-0.2, -0.15) is 0 Å². The Morgan fingerprint density at radius 1 is 1.40 bits per heavy atom. The summed E-state index contributed by atoms with van der Waals surface area (Å²) in [6.45, 7) is 3.03. The fourth-order valence-corrected chi connectivity index (χ4v) is 1.84. The van der Waals surface area contributed by atoms with Crippen molar-refractivity contribution in [2.45, 2.75) is 19.5 Å². The van der Waals surface area contributed by atoms with E-state index in [-0.39, 0.29) is 11.6 Å². The van der Waals surface area contributed by atoms with Crippen molar-refractivity contribution in [3.63, 3.8) is 0 Å². The van der Waals surface area contributed by atoms with E-state index in [4.69, 9.17) is 4.74 Å². The topological polar surface area (TPSA) is 69.0 Å². The van der Waals surface area contributed by atoms with Gasteiger partial charge in [-0.1, -0.05) is 0 Å². The maximum Gasteiger partial charge on any atom is 0.250 e. The molecule has 0 aliphatic rings. The monoisotopic (exact) mass is 274 g/mol. The fraction of sp³-hybridized carbons (Fsp3) is 0.357. The van der Waals surface area contributed by atoms with Crippen LogP contribution < -0.4 is 10.9 Å². The average Bonchev–Trinajstić information content (AvgIpc) is 2.48. The quantitative estimate of drug-likeness (QED) is 0.863. The molecule has 0 saturated heterocycles. The molecule has 106 valence electrons. The van der Waals surface area contributed by atoms with Crippen LogP contribution in [0, 0.1) is 0 Å². The molecule has 2 aromatic rings. The molecule has 0 spiro atoms. The smallest absolute Gasteiger partial charge is 0.250 e. The van der Waals surface area contributed by atoms with Crippen LogP contribution in [0.15, 0.2) is 41.7 Å². The first-order valence-corrected chi connectivity index (χ1v) is 6.42. The lowest BCUT2D eigenvalue weighted by atomic mass is 10.2. The second-order valence-corrected chi connectivity index (χ2v) is 4.44. The van der Waals surface area contributed by atoms with Crippen molar-refractivity contribution < 1.29 is 4.74 Å². The standard InChI is InChI=1S/C14H18N4O2/c1-11(13-9-15-5-6-16-13)17-12-3-4-14(19)18(10-12)7-8-20-2/h3-6,9-11,17H,7-8H2,1-2H3. The van der Waals surface area contributed by atoms with Crippen LogP contribution in [0.3, 0.4) is 0 Å². The van der Waals surface area contributed by atoms with E-state index in [9.17, 15) is 4.79 Å². The minimum atomic E-state index is -0.0419. The van der Waals surface area contributed by atoms with Crippen LogP contribution in [-0.4, -0.2) is 28.3 Å². The van der Waals surface area contributed by atoms with E-state index >= 15 is 0 Å². The maximum atomic E-state index is 11.7. The average molecular weight is 274 g/mol. The third-order valence-electron chi connectivity index (χ3n) is 2.93. The third-order valence-corrected chi connectivity index (χ3v) is 2.93. The molecule has 1 unspecified atom stereocenters. The number of aromatic nitrogens is 3. The molecule has 2 rings (SSSR count). The van der Waals surface area contributed by atoms with Crippen LogP contribution in [-0.2, 0) is 11.3 Å². The van der Waals surface area contributed by atoms with Crippen molar-refractivity contribution >= 4 is 5.69 Å². The number of ether oxygens (including phenoxy) is 1. The Balaban J connectivity index is 2.11. The van der Waals surface area contributed by atoms with Gasteiger partial charge in [-0.25, -0.2) is 0 Å². The Morgan fingerprint density at radius 2 is 2.25 bits per heavy atom. The van der Waals surface area contributed by atoms with Crippen molar-refractivity contribution in [3.8, 4) is 0 Å². The summed E-state index contributed by atoms with van der Waals surface area (Å²) in [6, 6.07) is 3.32. The van der Waals surface area contributed by atoms with Gasteiger partial charge >= 0.3 is 0 Å². The third kappa shape index (κ3) is 3.64. The van der Waals surface area contributed by atoms with Gasteiger partial charge in [-0.05, 0) is 13.0 Å². The molecule has 6 nitrogen and oxygen atoms in total. The van der Waals surface area contributed by atoms with E-state index in [0.29, 0.717) is 13.2 Å². The lowest BCUT2D eigenvalue weighted by Gasteiger charge is -2.15. The van der Waals surface area contributed by atoms with E-state index in [1.54, 1.807) is 48.6 Å². The predicted octanol–water partition coefficient (Wildman–Crippen LogP) is 1.46. The summed E-state index contributed by atoms with van der Waals surface area (Å²) in [5.41, 5.74) is 1.67. The molecule has 0 radical (unpaired) electrons. The minimum absolute atomic E-state index is 0.0112. The summed E-state index contributed by atoms with van der Waals surface area (Å²) in [7, 11) is 1.61. The second kappa shape index (κ2) is 6.81. The number of methoxy groups -OCH3 is 1. The lowest BCUT2D eigenvalue weighted by molar-refractivity contribution is 0.186. The van der Waals surface area contributed by atoms with Gasteiger partial charge in [0, 0.05) is 38.3 Å². The van der Waals surface area contributed by atoms with Gasteiger partial charge in [-0.15, -0.1) is 0 Å². The Bertz CT molecular complexity index is 598. The lowest BCUT2D eigenvalue weighted by Crippen LogP contribution is -2.21. The highest BCUT2D eigenvalue weighted by Crippen LogP contribution is 2.15. The van der Waals surface area contributed by atoms with Crippen LogP contribution >= 0.6 is 0 Å². The van der Waals surface area contributed by atoms with Crippen molar-refractivity contribution in [1.82, 2.24) is 14.5 Å². The zero-order valence-corrected chi connectivity index (χ0v) is 11.6. The van der Waals surface area contributed by atoms with E-state index in [1.165, 1.54) is 0 Å². The zero-order valence-electron chi connectivity index (χ0n) is 11.6. The van der Waals surface area contributed by atoms with E-state index in [2.05, 4.69) is 15.3 Å².